The van der Waals surface area contributed by atoms with Crippen LogP contribution in [-0.2, 0) is 19.1 Å². The predicted molar refractivity (Wildman–Crippen MR) is 94.3 cm³/mol. The molecular weight excluding hydrogens is 308 g/mol. The molecule has 0 aliphatic heterocycles. The van der Waals surface area contributed by atoms with E-state index in [4.69, 9.17) is 10.5 Å². The van der Waals surface area contributed by atoms with E-state index in [9.17, 15) is 14.4 Å². The number of amides is 2. The first kappa shape index (κ1) is 22.6. The lowest BCUT2D eigenvalue weighted by atomic mass is 9.89. The number of hydrogen-bond acceptors (Lipinski definition) is 4. The second-order valence-electron chi connectivity index (χ2n) is 7.66. The van der Waals surface area contributed by atoms with Crippen molar-refractivity contribution in [2.24, 2.45) is 17.1 Å². The van der Waals surface area contributed by atoms with Crippen molar-refractivity contribution >= 4 is 17.6 Å². The molecule has 6 heteroatoms. The van der Waals surface area contributed by atoms with Gasteiger partial charge in [-0.05, 0) is 26.7 Å². The van der Waals surface area contributed by atoms with Crippen LogP contribution in [0, 0.1) is 11.3 Å². The van der Waals surface area contributed by atoms with E-state index in [1.807, 2.05) is 27.7 Å². The second-order valence-corrected chi connectivity index (χ2v) is 7.66. The Morgan fingerprint density at radius 1 is 1.12 bits per heavy atom. The van der Waals surface area contributed by atoms with Gasteiger partial charge in [-0.2, -0.15) is 0 Å². The van der Waals surface area contributed by atoms with Crippen molar-refractivity contribution in [3.05, 3.63) is 0 Å². The highest BCUT2D eigenvalue weighted by molar-refractivity contribution is 5.86. The minimum Gasteiger partial charge on any atom is -0.374 e. The Kier molecular flexibility index (Phi) is 9.18. The van der Waals surface area contributed by atoms with Crippen LogP contribution in [0.5, 0.6) is 0 Å². The number of nitrogens with one attached hydrogen (secondary N) is 1. The standard InChI is InChI=1S/C18H34N2O4/c1-7-13(2)14(21)8-9-15(22)20-12-18(5,6)24-11-10-17(3,4)16(19)23/h13H,7-12H2,1-6H3,(H2,19,23)(H,20,22). The fourth-order valence-electron chi connectivity index (χ4n) is 1.87. The molecule has 0 radical (unpaired) electrons. The molecule has 0 saturated heterocycles. The Hall–Kier alpha value is -1.43. The van der Waals surface area contributed by atoms with E-state index in [1.54, 1.807) is 13.8 Å². The molecule has 0 fully saturated rings. The number of ketones is 1. The summed E-state index contributed by atoms with van der Waals surface area (Å²) in [7, 11) is 0. The molecular formula is C18H34N2O4. The number of carbonyl (C=O) groups is 3. The lowest BCUT2D eigenvalue weighted by Crippen LogP contribution is -2.41. The van der Waals surface area contributed by atoms with E-state index in [2.05, 4.69) is 5.32 Å². The number of ether oxygens (including phenoxy) is 1. The SMILES string of the molecule is CCC(C)C(=O)CCC(=O)NCC(C)(C)OCCC(C)(C)C(N)=O. The molecule has 0 aliphatic rings. The highest BCUT2D eigenvalue weighted by Crippen LogP contribution is 2.21. The topological polar surface area (TPSA) is 98.5 Å². The van der Waals surface area contributed by atoms with Gasteiger partial charge in [0.05, 0.1) is 5.60 Å². The van der Waals surface area contributed by atoms with E-state index in [-0.39, 0.29) is 36.4 Å². The predicted octanol–water partition coefficient (Wildman–Crippen LogP) is 2.19. The van der Waals surface area contributed by atoms with Crippen molar-refractivity contribution in [1.82, 2.24) is 5.32 Å². The van der Waals surface area contributed by atoms with Gasteiger partial charge in [0.15, 0.2) is 0 Å². The Morgan fingerprint density at radius 3 is 2.21 bits per heavy atom. The van der Waals surface area contributed by atoms with Crippen molar-refractivity contribution in [3.8, 4) is 0 Å². The minimum atomic E-state index is -0.615. The molecule has 0 aromatic rings. The van der Waals surface area contributed by atoms with Crippen molar-refractivity contribution in [2.75, 3.05) is 13.2 Å². The zero-order valence-electron chi connectivity index (χ0n) is 16.0. The first-order valence-electron chi connectivity index (χ1n) is 8.64. The molecule has 0 spiro atoms. The van der Waals surface area contributed by atoms with Crippen LogP contribution >= 0.6 is 0 Å². The van der Waals surface area contributed by atoms with E-state index in [0.29, 0.717) is 19.6 Å². The van der Waals surface area contributed by atoms with E-state index in [0.717, 1.165) is 6.42 Å². The molecule has 0 heterocycles. The molecule has 0 rings (SSSR count). The molecule has 1 unspecified atom stereocenters. The highest BCUT2D eigenvalue weighted by Gasteiger charge is 2.27. The molecule has 140 valence electrons. The molecule has 24 heavy (non-hydrogen) atoms. The van der Waals surface area contributed by atoms with Crippen molar-refractivity contribution < 1.29 is 19.1 Å². The lowest BCUT2D eigenvalue weighted by Gasteiger charge is -2.28. The van der Waals surface area contributed by atoms with Gasteiger partial charge in [0.25, 0.3) is 0 Å². The highest BCUT2D eigenvalue weighted by atomic mass is 16.5. The quantitative estimate of drug-likeness (QED) is 0.568. The van der Waals surface area contributed by atoms with Crippen molar-refractivity contribution in [2.45, 2.75) is 72.8 Å². The largest absolute Gasteiger partial charge is 0.374 e. The second kappa shape index (κ2) is 9.77. The molecule has 3 N–H and O–H groups in total. The van der Waals surface area contributed by atoms with Crippen LogP contribution in [0.25, 0.3) is 0 Å². The van der Waals surface area contributed by atoms with Crippen LogP contribution in [0.1, 0.15) is 67.2 Å². The monoisotopic (exact) mass is 342 g/mol. The zero-order chi connectivity index (χ0) is 19.0. The number of rotatable bonds is 12. The Morgan fingerprint density at radius 2 is 1.71 bits per heavy atom. The normalized spacial score (nSPS) is 13.4. The zero-order valence-corrected chi connectivity index (χ0v) is 16.0. The van der Waals surface area contributed by atoms with Crippen LogP contribution in [0.3, 0.4) is 0 Å². The van der Waals surface area contributed by atoms with Gasteiger partial charge in [0, 0.05) is 37.3 Å². The van der Waals surface area contributed by atoms with Gasteiger partial charge in [-0.25, -0.2) is 0 Å². The molecule has 0 aliphatic carbocycles. The maximum absolute atomic E-state index is 11.8. The van der Waals surface area contributed by atoms with Crippen LogP contribution < -0.4 is 11.1 Å². The van der Waals surface area contributed by atoms with Crippen LogP contribution in [0.4, 0.5) is 0 Å². The summed E-state index contributed by atoms with van der Waals surface area (Å²) in [6, 6.07) is 0. The fourth-order valence-corrected chi connectivity index (χ4v) is 1.87. The average Bonchev–Trinajstić information content (AvgIpc) is 2.49. The third kappa shape index (κ3) is 9.01. The van der Waals surface area contributed by atoms with Crippen LogP contribution in [0.15, 0.2) is 0 Å². The number of nitrogens with two attached hydrogens (primary N) is 1. The summed E-state index contributed by atoms with van der Waals surface area (Å²) < 4.78 is 5.76. The van der Waals surface area contributed by atoms with Gasteiger partial charge >= 0.3 is 0 Å². The summed E-state index contributed by atoms with van der Waals surface area (Å²) in [5.41, 5.74) is 4.16. The molecule has 0 saturated carbocycles. The average molecular weight is 342 g/mol. The summed E-state index contributed by atoms with van der Waals surface area (Å²) in [5, 5.41) is 2.80. The van der Waals surface area contributed by atoms with Gasteiger partial charge < -0.3 is 15.8 Å². The molecule has 6 nitrogen and oxygen atoms in total. The Bertz CT molecular complexity index is 444. The first-order valence-corrected chi connectivity index (χ1v) is 8.64. The summed E-state index contributed by atoms with van der Waals surface area (Å²) in [6.45, 7) is 11.9. The van der Waals surface area contributed by atoms with E-state index < -0.39 is 11.0 Å². The Balaban J connectivity index is 4.12. The van der Waals surface area contributed by atoms with Crippen LogP contribution in [-0.4, -0.2) is 36.4 Å². The summed E-state index contributed by atoms with van der Waals surface area (Å²) in [5.74, 6) is -0.382. The molecule has 1 atom stereocenters. The number of carbonyl (C=O) groups excluding carboxylic acids is 3. The van der Waals surface area contributed by atoms with E-state index >= 15 is 0 Å². The third-order valence-electron chi connectivity index (χ3n) is 4.36. The maximum Gasteiger partial charge on any atom is 0.223 e. The molecule has 2 amide bonds. The van der Waals surface area contributed by atoms with Crippen molar-refractivity contribution in [3.63, 3.8) is 0 Å². The lowest BCUT2D eigenvalue weighted by molar-refractivity contribution is -0.129. The molecule has 0 aromatic heterocycles. The van der Waals surface area contributed by atoms with Crippen LogP contribution in [0.2, 0.25) is 0 Å². The molecule has 0 aromatic carbocycles. The van der Waals surface area contributed by atoms with Gasteiger partial charge in [0.2, 0.25) is 11.8 Å². The van der Waals surface area contributed by atoms with Gasteiger partial charge in [0.1, 0.15) is 5.78 Å². The van der Waals surface area contributed by atoms with E-state index in [1.165, 1.54) is 0 Å². The third-order valence-corrected chi connectivity index (χ3v) is 4.36. The van der Waals surface area contributed by atoms with Gasteiger partial charge in [-0.15, -0.1) is 0 Å². The molecule has 0 bridgehead atoms. The Labute approximate surface area is 145 Å². The number of hydrogen-bond donors (Lipinski definition) is 2. The first-order chi connectivity index (χ1) is 10.9. The summed E-state index contributed by atoms with van der Waals surface area (Å²) in [4.78, 5) is 34.8. The minimum absolute atomic E-state index is 0.00573. The number of Topliss-reactive ketones (excluding diaryl/α,β-unsaturated/α-hetero) is 1. The van der Waals surface area contributed by atoms with Gasteiger partial charge in [-0.1, -0.05) is 27.7 Å². The van der Waals surface area contributed by atoms with Gasteiger partial charge in [-0.3, -0.25) is 14.4 Å². The summed E-state index contributed by atoms with van der Waals surface area (Å²) >= 11 is 0. The van der Waals surface area contributed by atoms with Crippen molar-refractivity contribution in [1.29, 1.82) is 0 Å². The smallest absolute Gasteiger partial charge is 0.223 e. The fraction of sp³-hybridized carbons (Fsp3) is 0.833. The summed E-state index contributed by atoms with van der Waals surface area (Å²) in [6.07, 6.45) is 1.79. The maximum atomic E-state index is 11.8. The number of primary amides is 1.